The van der Waals surface area contributed by atoms with Crippen molar-refractivity contribution in [3.05, 3.63) is 24.7 Å². The molecule has 1 unspecified atom stereocenters. The van der Waals surface area contributed by atoms with E-state index in [4.69, 9.17) is 33.2 Å². The molecule has 10 nitrogen and oxygen atoms in total. The van der Waals surface area contributed by atoms with Gasteiger partial charge >= 0.3 is 17.9 Å². The van der Waals surface area contributed by atoms with Gasteiger partial charge in [-0.2, -0.15) is 75.8 Å². The van der Waals surface area contributed by atoms with Crippen molar-refractivity contribution in [2.45, 2.75) is 51.9 Å². The predicted octanol–water partition coefficient (Wildman–Crippen LogP) is 5.18. The van der Waals surface area contributed by atoms with E-state index in [1.807, 2.05) is 0 Å². The van der Waals surface area contributed by atoms with Crippen molar-refractivity contribution >= 4 is 100.0 Å². The highest BCUT2D eigenvalue weighted by atomic mass is 32.1. The average molecular weight is 779 g/mol. The standard InChI is InChI=1S/C29H50O9S6.C2H4O/c1-23(4-11-40)34-18-28(9-3-10-39,19-36-25(30)6-13-42)16-33-17-29(20-35-24(2)5-12-41,21-37-26(31)7-14-43)22-38-27(32)8-15-44;1-2-3/h39-44H,1-22H2;2H,1H3. The van der Waals surface area contributed by atoms with Crippen LogP contribution in [-0.2, 0) is 47.6 Å². The van der Waals surface area contributed by atoms with Gasteiger partial charge in [0, 0.05) is 30.1 Å². The molecule has 0 bridgehead atoms. The molecular formula is C31H54O10S6. The number of rotatable bonds is 29. The molecule has 0 radical (unpaired) electrons. The second-order valence-corrected chi connectivity index (χ2v) is 13.2. The molecule has 16 heteroatoms. The van der Waals surface area contributed by atoms with Crippen LogP contribution in [0.2, 0.25) is 0 Å². The second-order valence-electron chi connectivity index (χ2n) is 10.6. The number of hydrogen-bond donors (Lipinski definition) is 6. The quantitative estimate of drug-likeness (QED) is 0.0199. The smallest absolute Gasteiger partial charge is 0.306 e. The Morgan fingerprint density at radius 2 is 0.851 bits per heavy atom. The third kappa shape index (κ3) is 25.8. The van der Waals surface area contributed by atoms with Gasteiger partial charge in [-0.15, -0.1) is 0 Å². The molecule has 0 rings (SSSR count). The predicted molar refractivity (Wildman–Crippen MR) is 206 cm³/mol. The average Bonchev–Trinajstić information content (AvgIpc) is 3.03. The van der Waals surface area contributed by atoms with Gasteiger partial charge in [-0.25, -0.2) is 0 Å². The molecule has 0 amide bonds. The summed E-state index contributed by atoms with van der Waals surface area (Å²) in [4.78, 5) is 45.8. The Bertz CT molecular complexity index is 829. The fourth-order valence-electron chi connectivity index (χ4n) is 3.62. The lowest BCUT2D eigenvalue weighted by Crippen LogP contribution is -2.45. The maximum Gasteiger partial charge on any atom is 0.306 e. The SMILES string of the molecule is C=C(CCS)OCC(CCCS)(COCC(COC(=C)CCS)(COC(=O)CCS)COC(=O)CCS)COC(=O)CCS.CC=O. The van der Waals surface area contributed by atoms with E-state index in [0.29, 0.717) is 71.7 Å². The number of carbonyl (C=O) groups is 4. The number of carbonyl (C=O) groups excluding carboxylic acids is 4. The Morgan fingerprint density at radius 1 is 0.532 bits per heavy atom. The first-order valence-corrected chi connectivity index (χ1v) is 19.0. The highest BCUT2D eigenvalue weighted by Gasteiger charge is 2.39. The minimum atomic E-state index is -1.09. The fraction of sp³-hybridized carbons (Fsp3) is 0.742. The summed E-state index contributed by atoms with van der Waals surface area (Å²) >= 11 is 25.2. The number of esters is 3. The van der Waals surface area contributed by atoms with Gasteiger partial charge in [-0.1, -0.05) is 13.2 Å². The molecule has 47 heavy (non-hydrogen) atoms. The first-order valence-electron chi connectivity index (χ1n) is 15.2. The van der Waals surface area contributed by atoms with Crippen LogP contribution in [-0.4, -0.2) is 105 Å². The molecule has 0 aliphatic carbocycles. The molecule has 0 spiro atoms. The Hall–Kier alpha value is -0.780. The number of allylic oxidation sites excluding steroid dienone is 2. The lowest BCUT2D eigenvalue weighted by atomic mass is 9.85. The van der Waals surface area contributed by atoms with E-state index < -0.39 is 22.8 Å². The molecular weight excluding hydrogens is 725 g/mol. The van der Waals surface area contributed by atoms with Crippen molar-refractivity contribution in [3.63, 3.8) is 0 Å². The first kappa shape index (κ1) is 48.3. The molecule has 0 saturated carbocycles. The lowest BCUT2D eigenvalue weighted by molar-refractivity contribution is -0.164. The monoisotopic (exact) mass is 778 g/mol. The third-order valence-electron chi connectivity index (χ3n) is 6.19. The number of ether oxygens (including phenoxy) is 6. The summed E-state index contributed by atoms with van der Waals surface area (Å²) in [7, 11) is 0. The van der Waals surface area contributed by atoms with E-state index >= 15 is 0 Å². The highest BCUT2D eigenvalue weighted by molar-refractivity contribution is 7.81. The van der Waals surface area contributed by atoms with Crippen molar-refractivity contribution in [1.29, 1.82) is 0 Å². The van der Waals surface area contributed by atoms with Gasteiger partial charge in [0.25, 0.3) is 0 Å². The number of thiol groups is 6. The van der Waals surface area contributed by atoms with Gasteiger partial charge in [0.05, 0.1) is 61.4 Å². The van der Waals surface area contributed by atoms with Crippen LogP contribution in [0.5, 0.6) is 0 Å². The van der Waals surface area contributed by atoms with Crippen molar-refractivity contribution in [1.82, 2.24) is 0 Å². The zero-order valence-corrected chi connectivity index (χ0v) is 32.8. The fourth-order valence-corrected chi connectivity index (χ4v) is 4.83. The third-order valence-corrected chi connectivity index (χ3v) is 7.63. The van der Waals surface area contributed by atoms with Crippen LogP contribution >= 0.6 is 75.8 Å². The molecule has 0 fully saturated rings. The van der Waals surface area contributed by atoms with Crippen LogP contribution in [0.15, 0.2) is 24.7 Å². The summed E-state index contributed by atoms with van der Waals surface area (Å²) in [6, 6.07) is 0. The molecule has 0 aromatic carbocycles. The Balaban J connectivity index is 0. The van der Waals surface area contributed by atoms with Crippen LogP contribution < -0.4 is 0 Å². The molecule has 0 aliphatic heterocycles. The zero-order chi connectivity index (χ0) is 36.0. The maximum atomic E-state index is 12.3. The van der Waals surface area contributed by atoms with Crippen LogP contribution in [0, 0.1) is 10.8 Å². The zero-order valence-electron chi connectivity index (χ0n) is 27.4. The topological polar surface area (TPSA) is 124 Å². The second kappa shape index (κ2) is 31.2. The van der Waals surface area contributed by atoms with E-state index in [1.54, 1.807) is 0 Å². The van der Waals surface area contributed by atoms with Crippen LogP contribution in [0.25, 0.3) is 0 Å². The highest BCUT2D eigenvalue weighted by Crippen LogP contribution is 2.30. The van der Waals surface area contributed by atoms with Gasteiger partial charge in [0.1, 0.15) is 32.7 Å². The molecule has 0 aromatic heterocycles. The van der Waals surface area contributed by atoms with Gasteiger partial charge < -0.3 is 33.2 Å². The lowest BCUT2D eigenvalue weighted by Gasteiger charge is -2.36. The normalized spacial score (nSPS) is 12.1. The Kier molecular flexibility index (Phi) is 32.1. The molecule has 274 valence electrons. The Labute approximate surface area is 314 Å². The number of aldehydes is 1. The van der Waals surface area contributed by atoms with Gasteiger partial charge in [-0.3, -0.25) is 14.4 Å². The summed E-state index contributed by atoms with van der Waals surface area (Å²) in [5, 5.41) is 0. The van der Waals surface area contributed by atoms with Gasteiger partial charge in [0.15, 0.2) is 0 Å². The largest absolute Gasteiger partial charge is 0.498 e. The summed E-state index contributed by atoms with van der Waals surface area (Å²) < 4.78 is 35.0. The van der Waals surface area contributed by atoms with Crippen molar-refractivity contribution in [2.24, 2.45) is 10.8 Å². The first-order chi connectivity index (χ1) is 22.5. The van der Waals surface area contributed by atoms with E-state index in [9.17, 15) is 14.4 Å². The molecule has 0 heterocycles. The summed E-state index contributed by atoms with van der Waals surface area (Å²) in [6.07, 6.45) is 3.42. The molecule has 1 atom stereocenters. The molecule has 0 N–H and O–H groups in total. The van der Waals surface area contributed by atoms with Gasteiger partial charge in [-0.05, 0) is 37.0 Å². The summed E-state index contributed by atoms with van der Waals surface area (Å²) in [6.45, 7) is 9.25. The number of hydrogen-bond acceptors (Lipinski definition) is 16. The van der Waals surface area contributed by atoms with Crippen molar-refractivity contribution in [2.75, 3.05) is 80.8 Å². The Morgan fingerprint density at radius 3 is 1.21 bits per heavy atom. The molecule has 0 aromatic rings. The summed E-state index contributed by atoms with van der Waals surface area (Å²) in [5.41, 5.74) is -1.85. The van der Waals surface area contributed by atoms with E-state index in [0.717, 1.165) is 6.29 Å². The minimum absolute atomic E-state index is 0.0161. The van der Waals surface area contributed by atoms with Crippen molar-refractivity contribution in [3.8, 4) is 0 Å². The van der Waals surface area contributed by atoms with Crippen LogP contribution in [0.1, 0.15) is 51.9 Å². The van der Waals surface area contributed by atoms with Crippen LogP contribution in [0.3, 0.4) is 0 Å². The van der Waals surface area contributed by atoms with Crippen molar-refractivity contribution < 1.29 is 47.6 Å². The summed E-state index contributed by atoms with van der Waals surface area (Å²) in [5.74, 6) is 2.37. The molecule has 0 aliphatic rings. The van der Waals surface area contributed by atoms with E-state index in [-0.39, 0.29) is 71.5 Å². The van der Waals surface area contributed by atoms with Gasteiger partial charge in [0.2, 0.25) is 0 Å². The van der Waals surface area contributed by atoms with E-state index in [2.05, 4.69) is 88.9 Å². The minimum Gasteiger partial charge on any atom is -0.498 e. The molecule has 0 saturated heterocycles. The van der Waals surface area contributed by atoms with Crippen LogP contribution in [0.4, 0.5) is 0 Å². The maximum absolute atomic E-state index is 12.3. The van der Waals surface area contributed by atoms with E-state index in [1.165, 1.54) is 6.92 Å².